The topological polar surface area (TPSA) is 101 Å². The van der Waals surface area contributed by atoms with Gasteiger partial charge in [0.15, 0.2) is 16.9 Å². The van der Waals surface area contributed by atoms with Crippen LogP contribution in [-0.2, 0) is 6.42 Å². The van der Waals surface area contributed by atoms with Crippen LogP contribution in [-0.4, -0.2) is 39.9 Å². The molecule has 2 aromatic rings. The van der Waals surface area contributed by atoms with E-state index in [0.717, 1.165) is 17.5 Å². The van der Waals surface area contributed by atoms with Gasteiger partial charge in [-0.2, -0.15) is 0 Å². The summed E-state index contributed by atoms with van der Waals surface area (Å²) in [5.74, 6) is -0.0499. The Labute approximate surface area is 163 Å². The summed E-state index contributed by atoms with van der Waals surface area (Å²) in [4.78, 5) is 25.1. The van der Waals surface area contributed by atoms with Gasteiger partial charge in [0.1, 0.15) is 5.56 Å². The Kier molecular flexibility index (Phi) is 5.74. The average Bonchev–Trinajstić information content (AvgIpc) is 2.67. The van der Waals surface area contributed by atoms with Gasteiger partial charge in [0.25, 0.3) is 5.91 Å². The molecule has 150 valence electrons. The molecule has 0 spiro atoms. The molecule has 1 aliphatic heterocycles. The van der Waals surface area contributed by atoms with Gasteiger partial charge < -0.3 is 24.8 Å². The number of carbonyl (C=O) groups is 1. The highest BCUT2D eigenvalue weighted by Gasteiger charge is 2.27. The van der Waals surface area contributed by atoms with E-state index in [4.69, 9.17) is 9.84 Å². The number of fused-ring (bicyclic) bond motifs is 3. The molecule has 1 amide bonds. The summed E-state index contributed by atoms with van der Waals surface area (Å²) in [6.45, 7) is 5.81. The normalized spacial score (nSPS) is 16.1. The van der Waals surface area contributed by atoms with E-state index in [0.29, 0.717) is 24.5 Å². The third-order valence-electron chi connectivity index (χ3n) is 5.06. The van der Waals surface area contributed by atoms with Gasteiger partial charge in [-0.05, 0) is 44.4 Å². The summed E-state index contributed by atoms with van der Waals surface area (Å²) < 4.78 is 7.42. The molecule has 0 saturated carbocycles. The SMILES string of the molecule is CCOc1cc2c(cc1O)-c1cc(=O)c(C(=O)NC(C)CO)cn1C(CC)C2. The van der Waals surface area contributed by atoms with Gasteiger partial charge in [-0.25, -0.2) is 0 Å². The van der Waals surface area contributed by atoms with Crippen LogP contribution < -0.4 is 15.5 Å². The molecule has 7 heteroatoms. The Morgan fingerprint density at radius 3 is 2.75 bits per heavy atom. The summed E-state index contributed by atoms with van der Waals surface area (Å²) in [5, 5.41) is 22.0. The number of nitrogens with one attached hydrogen (secondary N) is 1. The molecule has 0 fully saturated rings. The summed E-state index contributed by atoms with van der Waals surface area (Å²) in [5.41, 5.74) is 2.08. The first-order chi connectivity index (χ1) is 13.4. The van der Waals surface area contributed by atoms with E-state index in [1.54, 1.807) is 19.2 Å². The van der Waals surface area contributed by atoms with E-state index >= 15 is 0 Å². The van der Waals surface area contributed by atoms with Crippen molar-refractivity contribution in [1.29, 1.82) is 0 Å². The fourth-order valence-electron chi connectivity index (χ4n) is 3.57. The summed E-state index contributed by atoms with van der Waals surface area (Å²) >= 11 is 0. The highest BCUT2D eigenvalue weighted by molar-refractivity contribution is 5.94. The Balaban J connectivity index is 2.11. The predicted molar refractivity (Wildman–Crippen MR) is 106 cm³/mol. The van der Waals surface area contributed by atoms with E-state index in [1.165, 1.54) is 6.07 Å². The third-order valence-corrected chi connectivity index (χ3v) is 5.06. The number of carbonyl (C=O) groups excluding carboxylic acids is 1. The van der Waals surface area contributed by atoms with E-state index in [2.05, 4.69) is 12.2 Å². The zero-order valence-corrected chi connectivity index (χ0v) is 16.4. The molecule has 2 atom stereocenters. The molecule has 1 aromatic carbocycles. The van der Waals surface area contributed by atoms with Crippen LogP contribution in [0.5, 0.6) is 11.5 Å². The Bertz CT molecular complexity index is 951. The zero-order chi connectivity index (χ0) is 20.4. The molecule has 0 bridgehead atoms. The van der Waals surface area contributed by atoms with Crippen LogP contribution in [0.4, 0.5) is 0 Å². The molecular formula is C21H26N2O5. The lowest BCUT2D eigenvalue weighted by Crippen LogP contribution is -2.38. The molecule has 3 rings (SSSR count). The third kappa shape index (κ3) is 3.62. The minimum Gasteiger partial charge on any atom is -0.504 e. The average molecular weight is 386 g/mol. The molecule has 7 nitrogen and oxygen atoms in total. The highest BCUT2D eigenvalue weighted by Crippen LogP contribution is 2.41. The number of aromatic hydroxyl groups is 1. The monoisotopic (exact) mass is 386 g/mol. The molecule has 1 aliphatic rings. The fraction of sp³-hybridized carbons (Fsp3) is 0.429. The number of aliphatic hydroxyl groups is 1. The Morgan fingerprint density at radius 1 is 1.36 bits per heavy atom. The second kappa shape index (κ2) is 8.06. The van der Waals surface area contributed by atoms with Crippen molar-refractivity contribution in [1.82, 2.24) is 9.88 Å². The van der Waals surface area contributed by atoms with Crippen molar-refractivity contribution in [2.45, 2.75) is 45.7 Å². The summed E-state index contributed by atoms with van der Waals surface area (Å²) in [6.07, 6.45) is 3.10. The van der Waals surface area contributed by atoms with E-state index in [9.17, 15) is 14.7 Å². The van der Waals surface area contributed by atoms with Crippen molar-refractivity contribution in [3.05, 3.63) is 45.7 Å². The number of pyridine rings is 1. The number of phenolic OH excluding ortho intramolecular Hbond substituents is 1. The second-order valence-electron chi connectivity index (χ2n) is 7.08. The molecule has 1 aromatic heterocycles. The van der Waals surface area contributed by atoms with Crippen LogP contribution >= 0.6 is 0 Å². The predicted octanol–water partition coefficient (Wildman–Crippen LogP) is 2.24. The maximum absolute atomic E-state index is 12.6. The molecule has 2 heterocycles. The number of amides is 1. The molecule has 0 saturated heterocycles. The molecule has 0 aliphatic carbocycles. The zero-order valence-electron chi connectivity index (χ0n) is 16.4. The largest absolute Gasteiger partial charge is 0.504 e. The first-order valence-corrected chi connectivity index (χ1v) is 9.56. The van der Waals surface area contributed by atoms with Gasteiger partial charge in [0.2, 0.25) is 0 Å². The van der Waals surface area contributed by atoms with Crippen LogP contribution in [0.25, 0.3) is 11.3 Å². The summed E-state index contributed by atoms with van der Waals surface area (Å²) in [6, 6.07) is 4.52. The maximum Gasteiger partial charge on any atom is 0.257 e. The van der Waals surface area contributed by atoms with Crippen molar-refractivity contribution in [2.24, 2.45) is 0 Å². The molecule has 28 heavy (non-hydrogen) atoms. The van der Waals surface area contributed by atoms with Crippen molar-refractivity contribution in [3.8, 4) is 22.8 Å². The molecule has 0 radical (unpaired) electrons. The number of aromatic nitrogens is 1. The number of ether oxygens (including phenoxy) is 1. The van der Waals surface area contributed by atoms with Crippen LogP contribution in [0.1, 0.15) is 49.2 Å². The van der Waals surface area contributed by atoms with Crippen LogP contribution in [0, 0.1) is 0 Å². The smallest absolute Gasteiger partial charge is 0.257 e. The number of hydrogen-bond donors (Lipinski definition) is 3. The van der Waals surface area contributed by atoms with Crippen molar-refractivity contribution in [3.63, 3.8) is 0 Å². The lowest BCUT2D eigenvalue weighted by Gasteiger charge is -2.31. The van der Waals surface area contributed by atoms with Gasteiger partial charge in [0, 0.05) is 29.9 Å². The highest BCUT2D eigenvalue weighted by atomic mass is 16.5. The fourth-order valence-corrected chi connectivity index (χ4v) is 3.57. The standard InChI is InChI=1S/C21H26N2O5/c1-4-14-6-13-7-20(28-5-2)19(26)8-15(13)17-9-18(25)16(10-23(14)17)21(27)22-12(3)11-24/h7-10,12,14,24,26H,4-6,11H2,1-3H3,(H,22,27). The number of rotatable bonds is 6. The van der Waals surface area contributed by atoms with Crippen molar-refractivity contribution in [2.75, 3.05) is 13.2 Å². The number of aliphatic hydroxyl groups excluding tert-OH is 1. The van der Waals surface area contributed by atoms with Gasteiger partial charge in [-0.3, -0.25) is 9.59 Å². The number of nitrogens with zero attached hydrogens (tertiary/aromatic N) is 1. The van der Waals surface area contributed by atoms with Crippen molar-refractivity contribution < 1.29 is 19.7 Å². The van der Waals surface area contributed by atoms with Crippen LogP contribution in [0.3, 0.4) is 0 Å². The van der Waals surface area contributed by atoms with Crippen molar-refractivity contribution >= 4 is 5.91 Å². The van der Waals surface area contributed by atoms with Crippen LogP contribution in [0.15, 0.2) is 29.2 Å². The second-order valence-corrected chi connectivity index (χ2v) is 7.08. The van der Waals surface area contributed by atoms with Gasteiger partial charge in [0.05, 0.1) is 18.9 Å². The lowest BCUT2D eigenvalue weighted by molar-refractivity contribution is 0.0920. The van der Waals surface area contributed by atoms with Gasteiger partial charge in [-0.1, -0.05) is 6.92 Å². The quantitative estimate of drug-likeness (QED) is 0.707. The number of benzene rings is 1. The van der Waals surface area contributed by atoms with Gasteiger partial charge in [-0.15, -0.1) is 0 Å². The first kappa shape index (κ1) is 19.9. The molecular weight excluding hydrogens is 360 g/mol. The Morgan fingerprint density at radius 2 is 2.11 bits per heavy atom. The van der Waals surface area contributed by atoms with Crippen LogP contribution in [0.2, 0.25) is 0 Å². The minimum absolute atomic E-state index is 0.0214. The lowest BCUT2D eigenvalue weighted by atomic mass is 9.90. The first-order valence-electron chi connectivity index (χ1n) is 9.56. The van der Waals surface area contributed by atoms with Gasteiger partial charge >= 0.3 is 0 Å². The summed E-state index contributed by atoms with van der Waals surface area (Å²) in [7, 11) is 0. The Hall–Kier alpha value is -2.80. The number of hydrogen-bond acceptors (Lipinski definition) is 5. The minimum atomic E-state index is -0.503. The molecule has 3 N–H and O–H groups in total. The number of phenols is 1. The molecule has 2 unspecified atom stereocenters. The van der Waals surface area contributed by atoms with E-state index < -0.39 is 17.4 Å². The van der Waals surface area contributed by atoms with E-state index in [-0.39, 0.29) is 24.0 Å². The van der Waals surface area contributed by atoms with E-state index in [1.807, 2.05) is 17.6 Å². The maximum atomic E-state index is 12.6.